The van der Waals surface area contributed by atoms with E-state index in [2.05, 4.69) is 19.9 Å². The summed E-state index contributed by atoms with van der Waals surface area (Å²) in [6.45, 7) is 7.10. The lowest BCUT2D eigenvalue weighted by Crippen LogP contribution is -2.49. The van der Waals surface area contributed by atoms with Crippen molar-refractivity contribution in [3.8, 4) is 11.8 Å². The molecule has 20 heavy (non-hydrogen) atoms. The third-order valence-corrected chi connectivity index (χ3v) is 3.70. The Balaban J connectivity index is 2.21. The Hall–Kier alpha value is -1.57. The van der Waals surface area contributed by atoms with Gasteiger partial charge in [0.1, 0.15) is 11.8 Å². The maximum Gasteiger partial charge on any atom is 0.266 e. The van der Waals surface area contributed by atoms with Crippen LogP contribution in [0.1, 0.15) is 32.3 Å². The lowest BCUT2D eigenvalue weighted by atomic mass is 9.89. The standard InChI is InChI=1S/C16H21NO3/c1-12(13-5-7-14(18-4)8-6-13)16(9-17)19-10-15(2,3)11-20-16/h5-8,12H,10-11H2,1-4H3/t12-/m0/s1. The maximum absolute atomic E-state index is 9.52. The van der Waals surface area contributed by atoms with E-state index in [0.717, 1.165) is 11.3 Å². The summed E-state index contributed by atoms with van der Waals surface area (Å²) in [6, 6.07) is 9.84. The van der Waals surface area contributed by atoms with Crippen LogP contribution in [-0.4, -0.2) is 26.1 Å². The van der Waals surface area contributed by atoms with Crippen molar-refractivity contribution in [1.29, 1.82) is 5.26 Å². The van der Waals surface area contributed by atoms with Crippen LogP contribution in [-0.2, 0) is 9.47 Å². The van der Waals surface area contributed by atoms with Gasteiger partial charge in [-0.1, -0.05) is 32.9 Å². The van der Waals surface area contributed by atoms with Gasteiger partial charge in [-0.3, -0.25) is 0 Å². The summed E-state index contributed by atoms with van der Waals surface area (Å²) in [7, 11) is 1.63. The van der Waals surface area contributed by atoms with Crippen molar-refractivity contribution in [3.63, 3.8) is 0 Å². The molecule has 0 unspecified atom stereocenters. The lowest BCUT2D eigenvalue weighted by Gasteiger charge is -2.42. The van der Waals surface area contributed by atoms with Crippen molar-refractivity contribution in [2.45, 2.75) is 32.5 Å². The Bertz CT molecular complexity index is 491. The number of ether oxygens (including phenoxy) is 3. The van der Waals surface area contributed by atoms with Crippen LogP contribution >= 0.6 is 0 Å². The molecule has 1 aromatic rings. The zero-order chi connectivity index (χ0) is 14.8. The van der Waals surface area contributed by atoms with Gasteiger partial charge < -0.3 is 14.2 Å². The molecule has 1 aromatic carbocycles. The Morgan fingerprint density at radius 2 is 1.75 bits per heavy atom. The highest BCUT2D eigenvalue weighted by molar-refractivity contribution is 5.31. The summed E-state index contributed by atoms with van der Waals surface area (Å²) in [4.78, 5) is 0. The van der Waals surface area contributed by atoms with Crippen molar-refractivity contribution in [2.75, 3.05) is 20.3 Å². The first-order valence-electron chi connectivity index (χ1n) is 6.75. The molecule has 0 aliphatic carbocycles. The highest BCUT2D eigenvalue weighted by atomic mass is 16.7. The third kappa shape index (κ3) is 2.79. The first kappa shape index (κ1) is 14.8. The molecule has 4 nitrogen and oxygen atoms in total. The predicted octanol–water partition coefficient (Wildman–Crippen LogP) is 3.09. The van der Waals surface area contributed by atoms with Crippen LogP contribution in [0.2, 0.25) is 0 Å². The average Bonchev–Trinajstić information content (AvgIpc) is 2.47. The van der Waals surface area contributed by atoms with Crippen molar-refractivity contribution in [3.05, 3.63) is 29.8 Å². The van der Waals surface area contributed by atoms with Crippen LogP contribution in [0, 0.1) is 16.7 Å². The summed E-state index contributed by atoms with van der Waals surface area (Å²) in [5.41, 5.74) is 0.937. The van der Waals surface area contributed by atoms with Gasteiger partial charge in [-0.05, 0) is 17.7 Å². The highest BCUT2D eigenvalue weighted by Gasteiger charge is 2.46. The molecule has 1 saturated heterocycles. The molecule has 4 heteroatoms. The van der Waals surface area contributed by atoms with E-state index in [1.54, 1.807) is 7.11 Å². The molecule has 2 rings (SSSR count). The van der Waals surface area contributed by atoms with Crippen LogP contribution in [0.15, 0.2) is 24.3 Å². The highest BCUT2D eigenvalue weighted by Crippen LogP contribution is 2.38. The first-order valence-corrected chi connectivity index (χ1v) is 6.75. The van der Waals surface area contributed by atoms with Gasteiger partial charge in [-0.15, -0.1) is 0 Å². The van der Waals surface area contributed by atoms with Crippen molar-refractivity contribution in [1.82, 2.24) is 0 Å². The number of nitriles is 1. The minimum absolute atomic E-state index is 0.0556. The van der Waals surface area contributed by atoms with E-state index in [0.29, 0.717) is 13.2 Å². The topological polar surface area (TPSA) is 51.5 Å². The molecule has 1 atom stereocenters. The minimum atomic E-state index is -1.20. The van der Waals surface area contributed by atoms with E-state index in [4.69, 9.17) is 14.2 Å². The smallest absolute Gasteiger partial charge is 0.266 e. The Kier molecular flexibility index (Phi) is 4.03. The SMILES string of the molecule is COc1ccc([C@H](C)C2(C#N)OCC(C)(C)CO2)cc1. The average molecular weight is 275 g/mol. The molecular formula is C16H21NO3. The third-order valence-electron chi connectivity index (χ3n) is 3.70. The van der Waals surface area contributed by atoms with Crippen molar-refractivity contribution < 1.29 is 14.2 Å². The van der Waals surface area contributed by atoms with Gasteiger partial charge in [-0.25, -0.2) is 0 Å². The second-order valence-electron chi connectivity index (χ2n) is 6.02. The van der Waals surface area contributed by atoms with Gasteiger partial charge in [0.15, 0.2) is 0 Å². The monoisotopic (exact) mass is 275 g/mol. The summed E-state index contributed by atoms with van der Waals surface area (Å²) in [5.74, 6) is -0.586. The molecule has 0 radical (unpaired) electrons. The first-order chi connectivity index (χ1) is 9.42. The van der Waals surface area contributed by atoms with E-state index < -0.39 is 5.79 Å². The number of methoxy groups -OCH3 is 1. The minimum Gasteiger partial charge on any atom is -0.497 e. The molecule has 0 aromatic heterocycles. The summed E-state index contributed by atoms with van der Waals surface area (Å²) in [5, 5.41) is 9.52. The Morgan fingerprint density at radius 1 is 1.20 bits per heavy atom. The van der Waals surface area contributed by atoms with E-state index in [-0.39, 0.29) is 11.3 Å². The maximum atomic E-state index is 9.52. The van der Waals surface area contributed by atoms with Crippen LogP contribution in [0.5, 0.6) is 5.75 Å². The molecular weight excluding hydrogens is 254 g/mol. The van der Waals surface area contributed by atoms with Crippen LogP contribution in [0.25, 0.3) is 0 Å². The molecule has 108 valence electrons. The molecule has 0 bridgehead atoms. The molecule has 1 aliphatic rings. The van der Waals surface area contributed by atoms with Gasteiger partial charge in [0.05, 0.1) is 20.3 Å². The summed E-state index contributed by atoms with van der Waals surface area (Å²) in [6.07, 6.45) is 0. The van der Waals surface area contributed by atoms with Gasteiger partial charge in [0.25, 0.3) is 5.79 Å². The number of nitrogens with zero attached hydrogens (tertiary/aromatic N) is 1. The van der Waals surface area contributed by atoms with Gasteiger partial charge in [0.2, 0.25) is 0 Å². The summed E-state index contributed by atoms with van der Waals surface area (Å²) >= 11 is 0. The van der Waals surface area contributed by atoms with E-state index in [1.165, 1.54) is 0 Å². The van der Waals surface area contributed by atoms with Crippen LogP contribution < -0.4 is 4.74 Å². The molecule has 0 amide bonds. The Labute approximate surface area is 120 Å². The molecule has 0 spiro atoms. The van der Waals surface area contributed by atoms with Crippen molar-refractivity contribution >= 4 is 0 Å². The van der Waals surface area contributed by atoms with Gasteiger partial charge in [0, 0.05) is 11.3 Å². The molecule has 0 N–H and O–H groups in total. The molecule has 1 heterocycles. The summed E-state index contributed by atoms with van der Waals surface area (Å²) < 4.78 is 16.7. The van der Waals surface area contributed by atoms with Crippen LogP contribution in [0.4, 0.5) is 0 Å². The predicted molar refractivity (Wildman–Crippen MR) is 75.4 cm³/mol. The lowest BCUT2D eigenvalue weighted by molar-refractivity contribution is -0.276. The van der Waals surface area contributed by atoms with E-state index in [1.807, 2.05) is 31.2 Å². The van der Waals surface area contributed by atoms with E-state index in [9.17, 15) is 5.26 Å². The van der Waals surface area contributed by atoms with Gasteiger partial charge >= 0.3 is 0 Å². The normalized spacial score (nSPS) is 21.8. The fourth-order valence-electron chi connectivity index (χ4n) is 2.21. The molecule has 0 saturated carbocycles. The zero-order valence-corrected chi connectivity index (χ0v) is 12.5. The number of hydrogen-bond donors (Lipinski definition) is 0. The number of rotatable bonds is 3. The Morgan fingerprint density at radius 3 is 2.20 bits per heavy atom. The van der Waals surface area contributed by atoms with E-state index >= 15 is 0 Å². The number of benzene rings is 1. The second kappa shape index (κ2) is 5.43. The fourth-order valence-corrected chi connectivity index (χ4v) is 2.21. The van der Waals surface area contributed by atoms with Crippen LogP contribution in [0.3, 0.4) is 0 Å². The molecule has 1 aliphatic heterocycles. The zero-order valence-electron chi connectivity index (χ0n) is 12.5. The van der Waals surface area contributed by atoms with Crippen molar-refractivity contribution in [2.24, 2.45) is 5.41 Å². The second-order valence-corrected chi connectivity index (χ2v) is 6.02. The largest absolute Gasteiger partial charge is 0.497 e. The number of hydrogen-bond acceptors (Lipinski definition) is 4. The molecule has 1 fully saturated rings. The van der Waals surface area contributed by atoms with Gasteiger partial charge in [-0.2, -0.15) is 5.26 Å². The quantitative estimate of drug-likeness (QED) is 0.850. The fraction of sp³-hybridized carbons (Fsp3) is 0.562.